The number of carbonyl (C=O) groups excluding carboxylic acids is 2. The fraction of sp³-hybridized carbons (Fsp3) is 0.300. The Morgan fingerprint density at radius 3 is 2.92 bits per heavy atom. The third-order valence-electron chi connectivity index (χ3n) is 4.92. The van der Waals surface area contributed by atoms with Crippen LogP contribution in [0.3, 0.4) is 0 Å². The number of imide groups is 1. The highest BCUT2D eigenvalue weighted by atomic mass is 32.2. The van der Waals surface area contributed by atoms with Gasteiger partial charge in [0.1, 0.15) is 5.76 Å². The Balaban J connectivity index is 1.64. The number of aromatic nitrogens is 1. The third-order valence-corrected chi connectivity index (χ3v) is 5.90. The molecule has 2 unspecified atom stereocenters. The fourth-order valence-corrected chi connectivity index (χ4v) is 4.51. The number of hydrogen-bond donors (Lipinski definition) is 1. The number of methoxy groups -OCH3 is 1. The molecule has 1 fully saturated rings. The summed E-state index contributed by atoms with van der Waals surface area (Å²) in [5.74, 6) is 1.08. The number of nitrogens with one attached hydrogen (secondary N) is 1. The fourth-order valence-electron chi connectivity index (χ4n) is 3.66. The van der Waals surface area contributed by atoms with Crippen LogP contribution in [0, 0.1) is 5.92 Å². The first-order valence-electron chi connectivity index (χ1n) is 8.64. The monoisotopic (exact) mass is 368 g/mol. The maximum Gasteiger partial charge on any atom is 0.286 e. The Hall–Kier alpha value is -2.47. The zero-order valence-electron chi connectivity index (χ0n) is 14.5. The Morgan fingerprint density at radius 1 is 1.31 bits per heavy atom. The normalized spacial score (nSPS) is 22.6. The second-order valence-electron chi connectivity index (χ2n) is 6.55. The van der Waals surface area contributed by atoms with Crippen LogP contribution in [-0.2, 0) is 22.5 Å². The standard InChI is InChI=1S/C20H20N2O3S/c1-25-17-9-5-2-6-13(17)11-22-12-14(15-7-3-4-8-16(15)22)10-18-19(23)21-20(24)26-18/h2-5,7-9,12-13,18H,6,10-11H2,1H3,(H,21,23,24). The first-order chi connectivity index (χ1) is 12.7. The molecule has 1 saturated heterocycles. The molecular weight excluding hydrogens is 348 g/mol. The number of para-hydroxylation sites is 1. The summed E-state index contributed by atoms with van der Waals surface area (Å²) in [4.78, 5) is 23.4. The van der Waals surface area contributed by atoms with E-state index in [1.807, 2.05) is 24.3 Å². The van der Waals surface area contributed by atoms with E-state index in [0.29, 0.717) is 12.3 Å². The van der Waals surface area contributed by atoms with Gasteiger partial charge in [-0.3, -0.25) is 14.9 Å². The minimum atomic E-state index is -0.353. The molecule has 2 heterocycles. The number of benzene rings is 1. The van der Waals surface area contributed by atoms with Crippen molar-refractivity contribution in [1.82, 2.24) is 9.88 Å². The topological polar surface area (TPSA) is 60.3 Å². The number of allylic oxidation sites excluding steroid dienone is 4. The van der Waals surface area contributed by atoms with Gasteiger partial charge in [-0.15, -0.1) is 0 Å². The van der Waals surface area contributed by atoms with E-state index in [-0.39, 0.29) is 16.4 Å². The predicted molar refractivity (Wildman–Crippen MR) is 103 cm³/mol. The minimum Gasteiger partial charge on any atom is -0.501 e. The van der Waals surface area contributed by atoms with E-state index < -0.39 is 0 Å². The first-order valence-corrected chi connectivity index (χ1v) is 9.52. The largest absolute Gasteiger partial charge is 0.501 e. The summed E-state index contributed by atoms with van der Waals surface area (Å²) in [6, 6.07) is 8.21. The van der Waals surface area contributed by atoms with E-state index in [0.717, 1.165) is 47.0 Å². The van der Waals surface area contributed by atoms with Crippen LogP contribution in [0.5, 0.6) is 0 Å². The molecule has 1 aliphatic heterocycles. The van der Waals surface area contributed by atoms with Crippen LogP contribution in [-0.4, -0.2) is 28.1 Å². The molecule has 2 atom stereocenters. The number of hydrogen-bond acceptors (Lipinski definition) is 4. The van der Waals surface area contributed by atoms with Gasteiger partial charge in [0.25, 0.3) is 5.24 Å². The quantitative estimate of drug-likeness (QED) is 0.875. The summed E-state index contributed by atoms with van der Waals surface area (Å²) < 4.78 is 7.77. The van der Waals surface area contributed by atoms with E-state index in [1.165, 1.54) is 0 Å². The van der Waals surface area contributed by atoms with Gasteiger partial charge in [-0.2, -0.15) is 0 Å². The molecule has 2 amide bonds. The Bertz CT molecular complexity index is 928. The number of ether oxygens (including phenoxy) is 1. The highest BCUT2D eigenvalue weighted by molar-refractivity contribution is 8.15. The maximum absolute atomic E-state index is 11.9. The van der Waals surface area contributed by atoms with Gasteiger partial charge in [-0.1, -0.05) is 42.1 Å². The van der Waals surface area contributed by atoms with Gasteiger partial charge in [0, 0.05) is 29.6 Å². The van der Waals surface area contributed by atoms with Gasteiger partial charge in [-0.25, -0.2) is 0 Å². The van der Waals surface area contributed by atoms with Crippen molar-refractivity contribution in [1.29, 1.82) is 0 Å². The van der Waals surface area contributed by atoms with Crippen LogP contribution >= 0.6 is 11.8 Å². The lowest BCUT2D eigenvalue weighted by molar-refractivity contribution is -0.118. The van der Waals surface area contributed by atoms with E-state index in [2.05, 4.69) is 34.3 Å². The van der Waals surface area contributed by atoms with Gasteiger partial charge in [0.15, 0.2) is 0 Å². The molecule has 1 N–H and O–H groups in total. The molecule has 1 aromatic heterocycles. The van der Waals surface area contributed by atoms with Crippen LogP contribution in [0.4, 0.5) is 4.79 Å². The van der Waals surface area contributed by atoms with Crippen LogP contribution < -0.4 is 5.32 Å². The lowest BCUT2D eigenvalue weighted by Crippen LogP contribution is -2.25. The van der Waals surface area contributed by atoms with Crippen molar-refractivity contribution < 1.29 is 14.3 Å². The van der Waals surface area contributed by atoms with E-state index >= 15 is 0 Å². The molecule has 134 valence electrons. The number of thioether (sulfide) groups is 1. The Morgan fingerprint density at radius 2 is 2.15 bits per heavy atom. The number of fused-ring (bicyclic) bond motifs is 1. The summed E-state index contributed by atoms with van der Waals surface area (Å²) in [5.41, 5.74) is 2.24. The first kappa shape index (κ1) is 17.0. The number of nitrogens with zero attached hydrogens (tertiary/aromatic N) is 1. The van der Waals surface area contributed by atoms with Crippen LogP contribution in [0.15, 0.2) is 54.4 Å². The Labute approximate surface area is 156 Å². The van der Waals surface area contributed by atoms with Crippen molar-refractivity contribution in [3.63, 3.8) is 0 Å². The van der Waals surface area contributed by atoms with Crippen molar-refractivity contribution in [2.75, 3.05) is 7.11 Å². The molecule has 2 aliphatic rings. The van der Waals surface area contributed by atoms with Crippen molar-refractivity contribution in [2.24, 2.45) is 5.92 Å². The molecule has 26 heavy (non-hydrogen) atoms. The molecule has 1 aliphatic carbocycles. The number of amides is 2. The van der Waals surface area contributed by atoms with Crippen molar-refractivity contribution >= 4 is 33.8 Å². The van der Waals surface area contributed by atoms with Gasteiger partial charge >= 0.3 is 0 Å². The van der Waals surface area contributed by atoms with Crippen LogP contribution in [0.1, 0.15) is 12.0 Å². The smallest absolute Gasteiger partial charge is 0.286 e. The molecule has 0 radical (unpaired) electrons. The third kappa shape index (κ3) is 3.17. The summed E-state index contributed by atoms with van der Waals surface area (Å²) in [5, 5.41) is 2.89. The van der Waals surface area contributed by atoms with E-state index in [9.17, 15) is 9.59 Å². The molecule has 0 saturated carbocycles. The average molecular weight is 368 g/mol. The van der Waals surface area contributed by atoms with Crippen molar-refractivity contribution in [3.05, 3.63) is 60.0 Å². The molecular formula is C20H20N2O3S. The van der Waals surface area contributed by atoms with Gasteiger partial charge in [0.05, 0.1) is 12.4 Å². The summed E-state index contributed by atoms with van der Waals surface area (Å²) in [6.07, 6.45) is 9.81. The molecule has 0 spiro atoms. The highest BCUT2D eigenvalue weighted by Crippen LogP contribution is 2.30. The van der Waals surface area contributed by atoms with Crippen molar-refractivity contribution in [2.45, 2.75) is 24.6 Å². The molecule has 5 nitrogen and oxygen atoms in total. The van der Waals surface area contributed by atoms with Gasteiger partial charge in [-0.05, 0) is 30.5 Å². The highest BCUT2D eigenvalue weighted by Gasteiger charge is 2.32. The predicted octanol–water partition coefficient (Wildman–Crippen LogP) is 3.64. The second-order valence-corrected chi connectivity index (χ2v) is 7.72. The average Bonchev–Trinajstić information content (AvgIpc) is 3.15. The number of rotatable bonds is 5. The van der Waals surface area contributed by atoms with Crippen LogP contribution in [0.2, 0.25) is 0 Å². The zero-order chi connectivity index (χ0) is 18.1. The molecule has 6 heteroatoms. The van der Waals surface area contributed by atoms with Crippen molar-refractivity contribution in [3.8, 4) is 0 Å². The second kappa shape index (κ2) is 7.03. The SMILES string of the molecule is COC1=CC=CCC1Cn1cc(CC2SC(=O)NC2=O)c2ccccc21. The zero-order valence-corrected chi connectivity index (χ0v) is 15.3. The lowest BCUT2D eigenvalue weighted by atomic mass is 9.98. The van der Waals surface area contributed by atoms with E-state index in [1.54, 1.807) is 7.11 Å². The minimum absolute atomic E-state index is 0.196. The molecule has 4 rings (SSSR count). The summed E-state index contributed by atoms with van der Waals surface area (Å²) >= 11 is 1.08. The Kier molecular flexibility index (Phi) is 4.59. The summed E-state index contributed by atoms with van der Waals surface area (Å²) in [6.45, 7) is 0.813. The number of carbonyl (C=O) groups is 2. The van der Waals surface area contributed by atoms with E-state index in [4.69, 9.17) is 4.74 Å². The molecule has 2 aromatic rings. The molecule has 0 bridgehead atoms. The van der Waals surface area contributed by atoms with Gasteiger partial charge in [0.2, 0.25) is 5.91 Å². The lowest BCUT2D eigenvalue weighted by Gasteiger charge is -2.21. The summed E-state index contributed by atoms with van der Waals surface area (Å²) in [7, 11) is 1.71. The van der Waals surface area contributed by atoms with Gasteiger partial charge < -0.3 is 9.30 Å². The maximum atomic E-state index is 11.9. The van der Waals surface area contributed by atoms with Crippen LogP contribution in [0.25, 0.3) is 10.9 Å². The molecule has 1 aromatic carbocycles.